The summed E-state index contributed by atoms with van der Waals surface area (Å²) in [5.41, 5.74) is 4.87. The third-order valence-corrected chi connectivity index (χ3v) is 4.97. The molecular weight excluding hydrogens is 316 g/mol. The van der Waals surface area contributed by atoms with Crippen molar-refractivity contribution in [3.05, 3.63) is 53.0 Å². The van der Waals surface area contributed by atoms with Gasteiger partial charge in [0.05, 0.1) is 21.5 Å². The van der Waals surface area contributed by atoms with Crippen LogP contribution in [0.25, 0.3) is 10.2 Å². The Morgan fingerprint density at radius 3 is 2.79 bits per heavy atom. The summed E-state index contributed by atoms with van der Waals surface area (Å²) in [6.45, 7) is 4.20. The maximum absolute atomic E-state index is 12.6. The number of rotatable bonds is 7. The molecule has 0 saturated heterocycles. The highest BCUT2D eigenvalue weighted by molar-refractivity contribution is 7.17. The van der Waals surface area contributed by atoms with Crippen LogP contribution in [0.2, 0.25) is 0 Å². The van der Waals surface area contributed by atoms with Gasteiger partial charge in [-0.3, -0.25) is 9.78 Å². The number of thiophene rings is 1. The summed E-state index contributed by atoms with van der Waals surface area (Å²) >= 11 is 1.62. The lowest BCUT2D eigenvalue weighted by molar-refractivity contribution is 0.0982. The van der Waals surface area contributed by atoms with Crippen molar-refractivity contribution in [2.24, 2.45) is 0 Å². The minimum atomic E-state index is 0.149. The van der Waals surface area contributed by atoms with Gasteiger partial charge in [-0.15, -0.1) is 11.3 Å². The Hall–Kier alpha value is -2.20. The number of benzene rings is 1. The number of carbonyl (C=O) groups is 1. The van der Waals surface area contributed by atoms with Crippen LogP contribution in [-0.4, -0.2) is 10.8 Å². The molecular formula is C20H22N2OS. The molecule has 4 heteroatoms. The van der Waals surface area contributed by atoms with E-state index < -0.39 is 0 Å². The van der Waals surface area contributed by atoms with Gasteiger partial charge < -0.3 is 5.32 Å². The molecule has 0 fully saturated rings. The first kappa shape index (κ1) is 16.7. The van der Waals surface area contributed by atoms with E-state index in [1.54, 1.807) is 17.5 Å². The fraction of sp³-hybridized carbons (Fsp3) is 0.300. The molecule has 0 bridgehead atoms. The highest BCUT2D eigenvalue weighted by Gasteiger charge is 2.17. The van der Waals surface area contributed by atoms with E-state index in [1.807, 2.05) is 24.4 Å². The summed E-state index contributed by atoms with van der Waals surface area (Å²) in [5.74, 6) is 0.149. The van der Waals surface area contributed by atoms with Gasteiger partial charge in [0, 0.05) is 18.3 Å². The number of para-hydroxylation sites is 1. The van der Waals surface area contributed by atoms with E-state index in [9.17, 15) is 4.79 Å². The van der Waals surface area contributed by atoms with Crippen LogP contribution in [-0.2, 0) is 6.42 Å². The zero-order valence-corrected chi connectivity index (χ0v) is 15.0. The normalized spacial score (nSPS) is 10.9. The molecule has 3 nitrogen and oxygen atoms in total. The lowest BCUT2D eigenvalue weighted by Crippen LogP contribution is -2.06. The highest BCUT2D eigenvalue weighted by atomic mass is 32.1. The largest absolute Gasteiger partial charge is 0.353 e. The highest BCUT2D eigenvalue weighted by Crippen LogP contribution is 2.34. The first-order valence-electron chi connectivity index (χ1n) is 8.49. The van der Waals surface area contributed by atoms with E-state index in [1.165, 1.54) is 5.56 Å². The Kier molecular flexibility index (Phi) is 5.26. The van der Waals surface area contributed by atoms with Crippen molar-refractivity contribution in [1.82, 2.24) is 4.98 Å². The molecule has 0 atom stereocenters. The summed E-state index contributed by atoms with van der Waals surface area (Å²) in [6.07, 6.45) is 5.21. The predicted octanol–water partition coefficient (Wildman–Crippen LogP) is 5.98. The molecule has 0 aliphatic rings. The number of hydrogen-bond donors (Lipinski definition) is 1. The van der Waals surface area contributed by atoms with E-state index in [4.69, 9.17) is 0 Å². The molecule has 0 amide bonds. The lowest BCUT2D eigenvalue weighted by atomic mass is 10.0. The van der Waals surface area contributed by atoms with E-state index >= 15 is 0 Å². The molecule has 24 heavy (non-hydrogen) atoms. The quantitative estimate of drug-likeness (QED) is 0.539. The molecule has 0 aliphatic carbocycles. The molecule has 0 unspecified atom stereocenters. The van der Waals surface area contributed by atoms with E-state index in [2.05, 4.69) is 35.4 Å². The fourth-order valence-corrected chi connectivity index (χ4v) is 3.73. The second kappa shape index (κ2) is 7.58. The maximum Gasteiger partial charge on any atom is 0.166 e. The molecule has 2 heterocycles. The van der Waals surface area contributed by atoms with Crippen molar-refractivity contribution in [3.63, 3.8) is 0 Å². The predicted molar refractivity (Wildman–Crippen MR) is 103 cm³/mol. The summed E-state index contributed by atoms with van der Waals surface area (Å²) in [7, 11) is 0. The minimum absolute atomic E-state index is 0.149. The average Bonchev–Trinajstić information content (AvgIpc) is 3.06. The van der Waals surface area contributed by atoms with E-state index in [0.717, 1.165) is 40.9 Å². The van der Waals surface area contributed by atoms with Crippen LogP contribution in [0.15, 0.2) is 41.9 Å². The molecule has 0 saturated carbocycles. The van der Waals surface area contributed by atoms with Crippen LogP contribution in [0, 0.1) is 0 Å². The van der Waals surface area contributed by atoms with Gasteiger partial charge in [-0.1, -0.05) is 38.5 Å². The topological polar surface area (TPSA) is 42.0 Å². The number of Topliss-reactive ketones (excluding diaryl/α,β-unsaturated/α-hetero) is 1. The van der Waals surface area contributed by atoms with Gasteiger partial charge in [0.2, 0.25) is 0 Å². The van der Waals surface area contributed by atoms with E-state index in [0.29, 0.717) is 12.0 Å². The van der Waals surface area contributed by atoms with Gasteiger partial charge in [0.25, 0.3) is 0 Å². The summed E-state index contributed by atoms with van der Waals surface area (Å²) in [4.78, 5) is 17.0. The van der Waals surface area contributed by atoms with Crippen LogP contribution >= 0.6 is 11.3 Å². The number of anilines is 2. The standard InChI is InChI=1S/C20H22N2OS/c1-3-7-14-9-5-6-10-16(14)22-19-15(18(23)8-4-2)13-21-17-11-12-24-20(17)19/h5-6,9-13H,3-4,7-8H2,1-2H3,(H,21,22). The van der Waals surface area contributed by atoms with Crippen LogP contribution in [0.5, 0.6) is 0 Å². The van der Waals surface area contributed by atoms with Crippen LogP contribution in [0.3, 0.4) is 0 Å². The van der Waals surface area contributed by atoms with Crippen molar-refractivity contribution >= 4 is 38.7 Å². The van der Waals surface area contributed by atoms with Gasteiger partial charge in [-0.05, 0) is 35.9 Å². The van der Waals surface area contributed by atoms with E-state index in [-0.39, 0.29) is 5.78 Å². The molecule has 124 valence electrons. The Bertz CT molecular complexity index is 854. The molecule has 0 spiro atoms. The van der Waals surface area contributed by atoms with Crippen molar-refractivity contribution in [3.8, 4) is 0 Å². The Balaban J connectivity index is 2.09. The monoisotopic (exact) mass is 338 g/mol. The number of pyridine rings is 1. The number of ketones is 1. The number of aromatic nitrogens is 1. The zero-order chi connectivity index (χ0) is 16.9. The Labute approximate surface area is 146 Å². The lowest BCUT2D eigenvalue weighted by Gasteiger charge is -2.15. The smallest absolute Gasteiger partial charge is 0.166 e. The number of carbonyl (C=O) groups excluding carboxylic acids is 1. The average molecular weight is 338 g/mol. The maximum atomic E-state index is 12.6. The number of hydrogen-bond acceptors (Lipinski definition) is 4. The molecule has 3 aromatic rings. The first-order valence-corrected chi connectivity index (χ1v) is 9.36. The second-order valence-electron chi connectivity index (χ2n) is 5.89. The molecule has 1 aromatic carbocycles. The van der Waals surface area contributed by atoms with Gasteiger partial charge >= 0.3 is 0 Å². The minimum Gasteiger partial charge on any atom is -0.353 e. The Morgan fingerprint density at radius 2 is 2.00 bits per heavy atom. The molecule has 3 rings (SSSR count). The number of nitrogens with one attached hydrogen (secondary N) is 1. The van der Waals surface area contributed by atoms with Crippen LogP contribution in [0.4, 0.5) is 11.4 Å². The molecule has 2 aromatic heterocycles. The molecule has 1 N–H and O–H groups in total. The third kappa shape index (κ3) is 3.34. The third-order valence-electron chi connectivity index (χ3n) is 4.05. The van der Waals surface area contributed by atoms with Gasteiger partial charge in [-0.2, -0.15) is 0 Å². The fourth-order valence-electron chi connectivity index (χ4n) is 2.87. The van der Waals surface area contributed by atoms with Crippen molar-refractivity contribution in [2.75, 3.05) is 5.32 Å². The SMILES string of the molecule is CCCC(=O)c1cnc2ccsc2c1Nc1ccccc1CCC. The number of fused-ring (bicyclic) bond motifs is 1. The second-order valence-corrected chi connectivity index (χ2v) is 6.80. The molecule has 0 aliphatic heterocycles. The van der Waals surface area contributed by atoms with Crippen LogP contribution in [0.1, 0.15) is 49.0 Å². The molecule has 0 radical (unpaired) electrons. The van der Waals surface area contributed by atoms with Crippen molar-refractivity contribution in [1.29, 1.82) is 0 Å². The van der Waals surface area contributed by atoms with Gasteiger partial charge in [-0.25, -0.2) is 0 Å². The van der Waals surface area contributed by atoms with Crippen molar-refractivity contribution < 1.29 is 4.79 Å². The summed E-state index contributed by atoms with van der Waals surface area (Å²) < 4.78 is 1.04. The number of nitrogens with zero attached hydrogens (tertiary/aromatic N) is 1. The Morgan fingerprint density at radius 1 is 1.17 bits per heavy atom. The summed E-state index contributed by atoms with van der Waals surface area (Å²) in [6, 6.07) is 10.3. The van der Waals surface area contributed by atoms with Crippen molar-refractivity contribution in [2.45, 2.75) is 39.5 Å². The van der Waals surface area contributed by atoms with Gasteiger partial charge in [0.1, 0.15) is 0 Å². The van der Waals surface area contributed by atoms with Gasteiger partial charge in [0.15, 0.2) is 5.78 Å². The first-order chi connectivity index (χ1) is 11.7. The van der Waals surface area contributed by atoms with Crippen LogP contribution < -0.4 is 5.32 Å². The summed E-state index contributed by atoms with van der Waals surface area (Å²) in [5, 5.41) is 5.57. The number of aryl methyl sites for hydroxylation is 1. The zero-order valence-electron chi connectivity index (χ0n) is 14.1.